The number of hydrogen-bond donors (Lipinski definition) is 1. The average molecular weight is 214 g/mol. The number of nitrogens with one attached hydrogen (secondary N) is 1. The van der Waals surface area contributed by atoms with Gasteiger partial charge in [0.05, 0.1) is 0 Å². The topological polar surface area (TPSA) is 53.9 Å². The molecule has 2 aromatic rings. The highest BCUT2D eigenvalue weighted by Gasteiger charge is 1.97. The molecule has 4 nitrogen and oxygen atoms in total. The van der Waals surface area contributed by atoms with Crippen molar-refractivity contribution in [2.45, 2.75) is 19.8 Å². The molecule has 0 saturated carbocycles. The summed E-state index contributed by atoms with van der Waals surface area (Å²) in [5.41, 5.74) is 2.39. The van der Waals surface area contributed by atoms with E-state index in [-0.39, 0.29) is 0 Å². The fraction of sp³-hybridized carbons (Fsp3) is 0.250. The number of rotatable bonds is 3. The lowest BCUT2D eigenvalue weighted by Crippen LogP contribution is -1.88. The predicted molar refractivity (Wildman–Crippen MR) is 64.2 cm³/mol. The smallest absolute Gasteiger partial charge is 0.244 e. The van der Waals surface area contributed by atoms with E-state index < -0.39 is 0 Å². The van der Waals surface area contributed by atoms with E-state index in [0.29, 0.717) is 11.9 Å². The Morgan fingerprint density at radius 2 is 2.00 bits per heavy atom. The fourth-order valence-electron chi connectivity index (χ4n) is 1.36. The molecule has 1 heterocycles. The van der Waals surface area contributed by atoms with Crippen molar-refractivity contribution in [1.29, 1.82) is 0 Å². The molecule has 1 aromatic carbocycles. The molecule has 4 heteroatoms. The highest BCUT2D eigenvalue weighted by molar-refractivity contribution is 5.81. The van der Waals surface area contributed by atoms with E-state index in [4.69, 9.17) is 0 Å². The van der Waals surface area contributed by atoms with Gasteiger partial charge in [-0.05, 0) is 17.0 Å². The monoisotopic (exact) mass is 214 g/mol. The van der Waals surface area contributed by atoms with Gasteiger partial charge in [0.25, 0.3) is 0 Å². The van der Waals surface area contributed by atoms with Gasteiger partial charge in [-0.2, -0.15) is 10.1 Å². The van der Waals surface area contributed by atoms with Gasteiger partial charge in [0.2, 0.25) is 5.95 Å². The number of aromatic nitrogens is 3. The summed E-state index contributed by atoms with van der Waals surface area (Å²) in [6.45, 7) is 4.36. The summed E-state index contributed by atoms with van der Waals surface area (Å²) >= 11 is 0. The van der Waals surface area contributed by atoms with Gasteiger partial charge in [-0.15, -0.1) is 0 Å². The van der Waals surface area contributed by atoms with Crippen LogP contribution in [0.15, 0.2) is 35.6 Å². The number of aliphatic imine (C=N–C) groups is 1. The Labute approximate surface area is 94.5 Å². The van der Waals surface area contributed by atoms with Gasteiger partial charge in [0, 0.05) is 6.21 Å². The van der Waals surface area contributed by atoms with Gasteiger partial charge in [0.15, 0.2) is 0 Å². The number of H-pyrrole nitrogens is 1. The molecule has 1 aromatic heterocycles. The first kappa shape index (κ1) is 10.5. The summed E-state index contributed by atoms with van der Waals surface area (Å²) in [6.07, 6.45) is 3.21. The highest BCUT2D eigenvalue weighted by Crippen LogP contribution is 2.14. The van der Waals surface area contributed by atoms with Crippen LogP contribution in [0.3, 0.4) is 0 Å². The van der Waals surface area contributed by atoms with Crippen LogP contribution < -0.4 is 0 Å². The van der Waals surface area contributed by atoms with E-state index >= 15 is 0 Å². The Hall–Kier alpha value is -1.97. The molecule has 0 aliphatic rings. The molecule has 0 saturated heterocycles. The molecule has 82 valence electrons. The standard InChI is InChI=1S/C12H14N4/c1-9(2)11-5-3-10(4-6-11)7-13-12-14-8-15-16-12/h3-9H,1-2H3,(H,14,15,16). The van der Waals surface area contributed by atoms with Crippen molar-refractivity contribution in [3.05, 3.63) is 41.7 Å². The predicted octanol–water partition coefficient (Wildman–Crippen LogP) is 2.68. The van der Waals surface area contributed by atoms with Gasteiger partial charge in [-0.3, -0.25) is 0 Å². The largest absolute Gasteiger partial charge is 0.245 e. The maximum Gasteiger partial charge on any atom is 0.245 e. The first-order valence-electron chi connectivity index (χ1n) is 5.25. The zero-order chi connectivity index (χ0) is 11.4. The van der Waals surface area contributed by atoms with E-state index in [2.05, 4.69) is 58.3 Å². The van der Waals surface area contributed by atoms with Gasteiger partial charge in [-0.25, -0.2) is 10.1 Å². The molecule has 1 N–H and O–H groups in total. The third-order valence-corrected chi connectivity index (χ3v) is 2.34. The number of aromatic amines is 1. The molecule has 0 atom stereocenters. The Balaban J connectivity index is 2.11. The van der Waals surface area contributed by atoms with Crippen LogP contribution in [-0.2, 0) is 0 Å². The quantitative estimate of drug-likeness (QED) is 0.798. The fourth-order valence-corrected chi connectivity index (χ4v) is 1.36. The van der Waals surface area contributed by atoms with Crippen LogP contribution in [0.25, 0.3) is 0 Å². The Morgan fingerprint density at radius 1 is 1.25 bits per heavy atom. The second-order valence-electron chi connectivity index (χ2n) is 3.89. The maximum atomic E-state index is 4.16. The molecule has 0 aliphatic heterocycles. The lowest BCUT2D eigenvalue weighted by atomic mass is 10.0. The van der Waals surface area contributed by atoms with E-state index in [1.807, 2.05) is 0 Å². The second kappa shape index (κ2) is 4.70. The van der Waals surface area contributed by atoms with Gasteiger partial charge < -0.3 is 0 Å². The van der Waals surface area contributed by atoms with Crippen LogP contribution in [0.1, 0.15) is 30.9 Å². The van der Waals surface area contributed by atoms with Crippen molar-refractivity contribution in [3.63, 3.8) is 0 Å². The molecular weight excluding hydrogens is 200 g/mol. The van der Waals surface area contributed by atoms with E-state index in [0.717, 1.165) is 5.56 Å². The number of benzene rings is 1. The summed E-state index contributed by atoms with van der Waals surface area (Å²) in [7, 11) is 0. The van der Waals surface area contributed by atoms with Crippen LogP contribution >= 0.6 is 0 Å². The number of nitrogens with zero attached hydrogens (tertiary/aromatic N) is 3. The first-order valence-corrected chi connectivity index (χ1v) is 5.25. The summed E-state index contributed by atoms with van der Waals surface area (Å²) in [5.74, 6) is 1.08. The normalized spacial score (nSPS) is 11.4. The Bertz CT molecular complexity index is 454. The average Bonchev–Trinajstić information content (AvgIpc) is 2.80. The van der Waals surface area contributed by atoms with Crippen LogP contribution in [0.4, 0.5) is 5.95 Å². The molecule has 0 fully saturated rings. The van der Waals surface area contributed by atoms with E-state index in [9.17, 15) is 0 Å². The van der Waals surface area contributed by atoms with E-state index in [1.54, 1.807) is 6.21 Å². The van der Waals surface area contributed by atoms with E-state index in [1.165, 1.54) is 11.9 Å². The molecular formula is C12H14N4. The van der Waals surface area contributed by atoms with Gasteiger partial charge in [0.1, 0.15) is 6.33 Å². The minimum atomic E-state index is 0.521. The van der Waals surface area contributed by atoms with Crippen LogP contribution in [-0.4, -0.2) is 21.4 Å². The Morgan fingerprint density at radius 3 is 2.56 bits per heavy atom. The van der Waals surface area contributed by atoms with Gasteiger partial charge >= 0.3 is 0 Å². The lowest BCUT2D eigenvalue weighted by molar-refractivity contribution is 0.866. The zero-order valence-electron chi connectivity index (χ0n) is 9.38. The lowest BCUT2D eigenvalue weighted by Gasteiger charge is -2.04. The molecule has 0 radical (unpaired) electrons. The van der Waals surface area contributed by atoms with Crippen molar-refractivity contribution in [1.82, 2.24) is 15.2 Å². The maximum absolute atomic E-state index is 4.16. The molecule has 2 rings (SSSR count). The zero-order valence-corrected chi connectivity index (χ0v) is 9.38. The molecule has 0 spiro atoms. The summed E-state index contributed by atoms with van der Waals surface area (Å²) in [4.78, 5) is 8.07. The van der Waals surface area contributed by atoms with Crippen molar-refractivity contribution < 1.29 is 0 Å². The molecule has 0 bridgehead atoms. The first-order chi connectivity index (χ1) is 7.75. The van der Waals surface area contributed by atoms with Crippen LogP contribution in [0, 0.1) is 0 Å². The summed E-state index contributed by atoms with van der Waals surface area (Å²) < 4.78 is 0. The summed E-state index contributed by atoms with van der Waals surface area (Å²) in [6, 6.07) is 8.34. The highest BCUT2D eigenvalue weighted by atomic mass is 15.2. The van der Waals surface area contributed by atoms with Crippen molar-refractivity contribution in [2.24, 2.45) is 4.99 Å². The minimum Gasteiger partial charge on any atom is -0.244 e. The van der Waals surface area contributed by atoms with Crippen molar-refractivity contribution >= 4 is 12.2 Å². The third kappa shape index (κ3) is 2.53. The minimum absolute atomic E-state index is 0.521. The van der Waals surface area contributed by atoms with Crippen LogP contribution in [0.5, 0.6) is 0 Å². The molecule has 0 aliphatic carbocycles. The van der Waals surface area contributed by atoms with Crippen molar-refractivity contribution in [3.8, 4) is 0 Å². The van der Waals surface area contributed by atoms with Crippen LogP contribution in [0.2, 0.25) is 0 Å². The van der Waals surface area contributed by atoms with Crippen molar-refractivity contribution in [2.75, 3.05) is 0 Å². The second-order valence-corrected chi connectivity index (χ2v) is 3.89. The van der Waals surface area contributed by atoms with Gasteiger partial charge in [-0.1, -0.05) is 38.1 Å². The molecule has 0 unspecified atom stereocenters. The third-order valence-electron chi connectivity index (χ3n) is 2.34. The molecule has 0 amide bonds. The summed E-state index contributed by atoms with van der Waals surface area (Å²) in [5, 5.41) is 6.40. The Kier molecular flexibility index (Phi) is 3.10. The SMILES string of the molecule is CC(C)c1ccc(C=Nc2ncn[nH]2)cc1. The molecule has 16 heavy (non-hydrogen) atoms. The number of hydrogen-bond acceptors (Lipinski definition) is 3.